The van der Waals surface area contributed by atoms with Gasteiger partial charge in [0, 0.05) is 0 Å². The Labute approximate surface area is 290 Å². The molecule has 0 bridgehead atoms. The fourth-order valence-corrected chi connectivity index (χ4v) is 78.6. The van der Waals surface area contributed by atoms with Crippen LogP contribution in [-0.2, 0) is 41.2 Å². The summed E-state index contributed by atoms with van der Waals surface area (Å²) in [6.45, 7) is 28.8. The van der Waals surface area contributed by atoms with Crippen molar-refractivity contribution >= 4 is 12.0 Å². The minimum absolute atomic E-state index is 0. The molecule has 0 aromatic carbocycles. The SMILES string of the molecule is CC[SiH](CC)[Hf+]([C]1=C(C)C=C(C)C1)[C]1=C(C)C=C(C)C1.CC[SiH](CC)[Hf+]([C]1=C(C)C=C(C)C1)[C]1=C(C)C=C(C)C1.[Cl-].[Cl-]. The fourth-order valence-electron chi connectivity index (χ4n) is 7.68. The van der Waals surface area contributed by atoms with E-state index in [1.165, 1.54) is 49.9 Å². The van der Waals surface area contributed by atoms with Gasteiger partial charge in [0.15, 0.2) is 0 Å². The van der Waals surface area contributed by atoms with Crippen LogP contribution >= 0.6 is 0 Å². The maximum Gasteiger partial charge on any atom is -1.00 e. The van der Waals surface area contributed by atoms with Crippen molar-refractivity contribution in [2.45, 2.75) is 133 Å². The second-order valence-electron chi connectivity index (χ2n) is 13.2. The molecule has 232 valence electrons. The Kier molecular flexibility index (Phi) is 18.1. The van der Waals surface area contributed by atoms with Crippen LogP contribution < -0.4 is 24.8 Å². The molecule has 0 aromatic heterocycles. The molecule has 0 nitrogen and oxygen atoms in total. The van der Waals surface area contributed by atoms with Gasteiger partial charge in [0.05, 0.1) is 0 Å². The summed E-state index contributed by atoms with van der Waals surface area (Å²) in [5, 5.41) is 0. The number of rotatable bonds is 10. The van der Waals surface area contributed by atoms with E-state index >= 15 is 0 Å². The minimum atomic E-state index is -1.74. The van der Waals surface area contributed by atoms with Crippen LogP contribution in [0.1, 0.15) is 109 Å². The van der Waals surface area contributed by atoms with E-state index in [0.717, 1.165) is 0 Å². The van der Waals surface area contributed by atoms with Gasteiger partial charge in [-0.3, -0.25) is 0 Å². The molecule has 0 saturated heterocycles. The van der Waals surface area contributed by atoms with E-state index < -0.39 is 53.2 Å². The number of hydrogen-bond donors (Lipinski definition) is 0. The third-order valence-corrected chi connectivity index (χ3v) is 79.4. The zero-order valence-electron chi connectivity index (χ0n) is 28.9. The largest absolute Gasteiger partial charge is 1.00 e. The van der Waals surface area contributed by atoms with E-state index in [1.54, 1.807) is 44.6 Å². The molecule has 0 heterocycles. The first-order chi connectivity index (χ1) is 18.9. The maximum atomic E-state index is 2.47. The molecule has 4 aliphatic carbocycles. The van der Waals surface area contributed by atoms with Crippen LogP contribution in [0.5, 0.6) is 0 Å². The van der Waals surface area contributed by atoms with Crippen LogP contribution in [0, 0.1) is 0 Å². The van der Waals surface area contributed by atoms with Crippen molar-refractivity contribution in [3.05, 3.63) is 82.2 Å². The van der Waals surface area contributed by atoms with E-state index in [4.69, 9.17) is 0 Å². The first kappa shape index (κ1) is 40.7. The molecule has 0 amide bonds. The maximum absolute atomic E-state index is 2.47. The summed E-state index contributed by atoms with van der Waals surface area (Å²) in [5.74, 6) is -1.03. The predicted molar refractivity (Wildman–Crippen MR) is 181 cm³/mol. The van der Waals surface area contributed by atoms with Gasteiger partial charge in [-0.25, -0.2) is 0 Å². The monoisotopic (exact) mass is 976 g/mol. The Hall–Kier alpha value is 0.674. The zero-order valence-corrected chi connectivity index (χ0v) is 39.9. The number of halogens is 2. The molecule has 0 atom stereocenters. The molecule has 0 N–H and O–H groups in total. The quantitative estimate of drug-likeness (QED) is 0.263. The van der Waals surface area contributed by atoms with Crippen LogP contribution in [-0.4, -0.2) is 12.0 Å². The van der Waals surface area contributed by atoms with E-state index in [0.29, 0.717) is 0 Å². The molecular formula is C36H58Cl2Hf2Si2. The van der Waals surface area contributed by atoms with Gasteiger partial charge in [-0.1, -0.05) is 0 Å². The Morgan fingerprint density at radius 3 is 0.738 bits per heavy atom. The molecule has 0 fully saturated rings. The van der Waals surface area contributed by atoms with Crippen LogP contribution in [0.2, 0.25) is 24.2 Å². The summed E-state index contributed by atoms with van der Waals surface area (Å²) >= 11 is -3.48. The molecule has 0 aromatic rings. The minimum Gasteiger partial charge on any atom is -1.00 e. The van der Waals surface area contributed by atoms with Crippen molar-refractivity contribution in [3.8, 4) is 0 Å². The molecular weight excluding hydrogens is 916 g/mol. The topological polar surface area (TPSA) is 0 Å². The van der Waals surface area contributed by atoms with Gasteiger partial charge in [-0.2, -0.15) is 0 Å². The summed E-state index contributed by atoms with van der Waals surface area (Å²) in [6.07, 6.45) is 15.2. The predicted octanol–water partition coefficient (Wildman–Crippen LogP) is 5.24. The summed E-state index contributed by atoms with van der Waals surface area (Å²) < 4.78 is 7.91. The summed E-state index contributed by atoms with van der Waals surface area (Å²) in [5.41, 5.74) is 13.1. The van der Waals surface area contributed by atoms with Gasteiger partial charge in [0.25, 0.3) is 0 Å². The van der Waals surface area contributed by atoms with E-state index in [1.807, 2.05) is 13.3 Å². The van der Waals surface area contributed by atoms with Crippen molar-refractivity contribution in [2.75, 3.05) is 0 Å². The van der Waals surface area contributed by atoms with E-state index in [-0.39, 0.29) is 24.8 Å². The van der Waals surface area contributed by atoms with Crippen LogP contribution in [0.3, 0.4) is 0 Å². The van der Waals surface area contributed by atoms with Crippen molar-refractivity contribution in [1.82, 2.24) is 0 Å². The van der Waals surface area contributed by atoms with E-state index in [2.05, 4.69) is 107 Å². The Bertz CT molecular complexity index is 1050. The third-order valence-electron chi connectivity index (χ3n) is 9.67. The van der Waals surface area contributed by atoms with Crippen molar-refractivity contribution in [3.63, 3.8) is 0 Å². The molecule has 0 spiro atoms. The van der Waals surface area contributed by atoms with Gasteiger partial charge < -0.3 is 24.8 Å². The first-order valence-corrected chi connectivity index (χ1v) is 40.2. The van der Waals surface area contributed by atoms with Crippen LogP contribution in [0.4, 0.5) is 0 Å². The van der Waals surface area contributed by atoms with Crippen LogP contribution in [0.25, 0.3) is 0 Å². The molecule has 42 heavy (non-hydrogen) atoms. The average Bonchev–Trinajstić information content (AvgIpc) is 3.61. The van der Waals surface area contributed by atoms with Crippen molar-refractivity contribution in [2.24, 2.45) is 0 Å². The molecule has 0 unspecified atom stereocenters. The molecule has 0 saturated carbocycles. The molecule has 0 aliphatic heterocycles. The molecule has 4 rings (SSSR count). The Morgan fingerprint density at radius 2 is 0.619 bits per heavy atom. The average molecular weight is 975 g/mol. The summed E-state index contributed by atoms with van der Waals surface area (Å²) in [7, 11) is 0. The molecule has 4 aliphatic rings. The van der Waals surface area contributed by atoms with Crippen molar-refractivity contribution < 1.29 is 66.0 Å². The zero-order chi connectivity index (χ0) is 29.7. The molecule has 6 heteroatoms. The number of hydrogen-bond acceptors (Lipinski definition) is 0. The first-order valence-electron chi connectivity index (χ1n) is 16.2. The van der Waals surface area contributed by atoms with Gasteiger partial charge in [-0.15, -0.1) is 0 Å². The summed E-state index contributed by atoms with van der Waals surface area (Å²) in [4.78, 5) is 0. The standard InChI is InChI=1S/4C7H9.2C4H11Si.2ClH.2Hf/c4*1-6-3-4-7(2)5-6;2*1-3-5-4-2;;;;/h4*5H,3H2,1-2H3;2*5H,3-4H2,1-2H3;2*1H;;/q;;;;;;;;2*+1/p-2. The van der Waals surface area contributed by atoms with Gasteiger partial charge in [-0.05, 0) is 0 Å². The normalized spacial score (nSPS) is 18.2. The van der Waals surface area contributed by atoms with Crippen molar-refractivity contribution in [1.29, 1.82) is 0 Å². The van der Waals surface area contributed by atoms with Gasteiger partial charge in [0.2, 0.25) is 0 Å². The van der Waals surface area contributed by atoms with E-state index in [9.17, 15) is 0 Å². The van der Waals surface area contributed by atoms with Gasteiger partial charge in [0.1, 0.15) is 0 Å². The molecule has 0 radical (unpaired) electrons. The second-order valence-corrected chi connectivity index (χ2v) is 60.9. The second kappa shape index (κ2) is 18.7. The van der Waals surface area contributed by atoms with Crippen LogP contribution in [0.15, 0.2) is 82.2 Å². The Balaban J connectivity index is 0.000000401. The fraction of sp³-hybridized carbons (Fsp3) is 0.556. The number of allylic oxidation sites excluding steroid dienone is 16. The summed E-state index contributed by atoms with van der Waals surface area (Å²) in [6, 6.07) is 6.07. The smallest absolute Gasteiger partial charge is 1.00 e. The third kappa shape index (κ3) is 9.84. The van der Waals surface area contributed by atoms with Gasteiger partial charge >= 0.3 is 268 Å². The Morgan fingerprint density at radius 1 is 0.429 bits per heavy atom.